The van der Waals surface area contributed by atoms with E-state index in [0.29, 0.717) is 18.3 Å². The van der Waals surface area contributed by atoms with Crippen LogP contribution in [0.4, 0.5) is 0 Å². The van der Waals surface area contributed by atoms with Gasteiger partial charge in [-0.2, -0.15) is 4.98 Å². The minimum Gasteiger partial charge on any atom is -0.339 e. The van der Waals surface area contributed by atoms with Crippen LogP contribution in [-0.4, -0.2) is 35.8 Å². The van der Waals surface area contributed by atoms with E-state index in [1.54, 1.807) is 0 Å². The summed E-state index contributed by atoms with van der Waals surface area (Å²) < 4.78 is 9.71. The predicted octanol–water partition coefficient (Wildman–Crippen LogP) is 1.55. The third-order valence-electron chi connectivity index (χ3n) is 4.56. The number of benzene rings is 1. The van der Waals surface area contributed by atoms with Gasteiger partial charge in [-0.15, -0.1) is 0 Å². The van der Waals surface area contributed by atoms with Crippen molar-refractivity contribution >= 4 is 11.0 Å². The molecule has 4 aromatic rings. The summed E-state index contributed by atoms with van der Waals surface area (Å²) in [4.78, 5) is 13.4. The zero-order valence-electron chi connectivity index (χ0n) is 13.5. The van der Waals surface area contributed by atoms with Crippen molar-refractivity contribution in [1.29, 1.82) is 0 Å². The summed E-state index contributed by atoms with van der Waals surface area (Å²) in [5.74, 6) is 2.49. The van der Waals surface area contributed by atoms with Gasteiger partial charge in [0.1, 0.15) is 5.82 Å². The van der Waals surface area contributed by atoms with Crippen LogP contribution in [0.2, 0.25) is 0 Å². The van der Waals surface area contributed by atoms with Gasteiger partial charge in [-0.3, -0.25) is 0 Å². The Morgan fingerprint density at radius 3 is 3.20 bits per heavy atom. The fourth-order valence-electron chi connectivity index (χ4n) is 3.29. The zero-order chi connectivity index (χ0) is 16.6. The molecule has 0 bridgehead atoms. The molecule has 126 valence electrons. The standard InChI is InChI=1S/C17H17N7O/c1-2-4-14-13(3-1)20-11-24(14)10-15-21-17(25-22-15)12-7-18-8-16-19-5-6-23(16)9-12/h1-6,11-12,18H,7-10H2. The molecule has 1 aliphatic heterocycles. The maximum Gasteiger partial charge on any atom is 0.232 e. The highest BCUT2D eigenvalue weighted by Gasteiger charge is 2.23. The molecule has 5 rings (SSSR count). The van der Waals surface area contributed by atoms with Crippen molar-refractivity contribution in [3.8, 4) is 0 Å². The fourth-order valence-corrected chi connectivity index (χ4v) is 3.29. The van der Waals surface area contributed by atoms with Gasteiger partial charge in [0.2, 0.25) is 5.89 Å². The number of para-hydroxylation sites is 2. The quantitative estimate of drug-likeness (QED) is 0.611. The zero-order valence-corrected chi connectivity index (χ0v) is 13.5. The summed E-state index contributed by atoms with van der Waals surface area (Å²) in [5.41, 5.74) is 2.03. The number of hydrogen-bond donors (Lipinski definition) is 1. The van der Waals surface area contributed by atoms with Gasteiger partial charge in [-0.25, -0.2) is 9.97 Å². The number of rotatable bonds is 3. The number of aromatic nitrogens is 6. The van der Waals surface area contributed by atoms with Crippen LogP contribution in [-0.2, 0) is 19.6 Å². The monoisotopic (exact) mass is 335 g/mol. The van der Waals surface area contributed by atoms with Gasteiger partial charge in [0, 0.05) is 25.5 Å². The Kier molecular flexibility index (Phi) is 3.34. The van der Waals surface area contributed by atoms with Crippen LogP contribution in [0.5, 0.6) is 0 Å². The molecule has 0 saturated carbocycles. The van der Waals surface area contributed by atoms with Gasteiger partial charge >= 0.3 is 0 Å². The molecular formula is C17H17N7O. The second kappa shape index (κ2) is 5.82. The van der Waals surface area contributed by atoms with Crippen LogP contribution in [0.3, 0.4) is 0 Å². The van der Waals surface area contributed by atoms with Crippen LogP contribution >= 0.6 is 0 Å². The lowest BCUT2D eigenvalue weighted by atomic mass is 10.1. The molecule has 0 radical (unpaired) electrons. The lowest BCUT2D eigenvalue weighted by Crippen LogP contribution is -2.20. The van der Waals surface area contributed by atoms with Crippen molar-refractivity contribution in [3.05, 3.63) is 60.5 Å². The van der Waals surface area contributed by atoms with Crippen molar-refractivity contribution in [3.63, 3.8) is 0 Å². The van der Waals surface area contributed by atoms with Crippen LogP contribution in [0.15, 0.2) is 47.5 Å². The highest BCUT2D eigenvalue weighted by atomic mass is 16.5. The van der Waals surface area contributed by atoms with Crippen molar-refractivity contribution in [2.75, 3.05) is 6.54 Å². The van der Waals surface area contributed by atoms with Crippen LogP contribution < -0.4 is 5.32 Å². The first-order valence-corrected chi connectivity index (χ1v) is 8.30. The van der Waals surface area contributed by atoms with E-state index in [2.05, 4.69) is 30.0 Å². The molecule has 0 amide bonds. The Hall–Kier alpha value is -3.00. The number of fused-ring (bicyclic) bond motifs is 2. The summed E-state index contributed by atoms with van der Waals surface area (Å²) in [6.07, 6.45) is 5.62. The number of nitrogens with one attached hydrogen (secondary N) is 1. The highest BCUT2D eigenvalue weighted by molar-refractivity contribution is 5.74. The SMILES string of the molecule is c1ccc2c(c1)ncn2Cc1noc(C2CNCc3nccn3C2)n1. The van der Waals surface area contributed by atoms with Gasteiger partial charge in [0.15, 0.2) is 5.82 Å². The first-order chi connectivity index (χ1) is 12.4. The van der Waals surface area contributed by atoms with Gasteiger partial charge in [-0.05, 0) is 12.1 Å². The molecule has 25 heavy (non-hydrogen) atoms. The Balaban J connectivity index is 1.38. The molecule has 8 heteroatoms. The van der Waals surface area contributed by atoms with E-state index in [9.17, 15) is 0 Å². The first kappa shape index (κ1) is 14.4. The number of nitrogens with zero attached hydrogens (tertiary/aromatic N) is 6. The minimum atomic E-state index is 0.135. The normalized spacial score (nSPS) is 17.5. The van der Waals surface area contributed by atoms with Crippen molar-refractivity contribution in [1.82, 2.24) is 34.6 Å². The fraction of sp³-hybridized carbons (Fsp3) is 0.294. The Morgan fingerprint density at radius 1 is 1.24 bits per heavy atom. The number of imidazole rings is 2. The second-order valence-corrected chi connectivity index (χ2v) is 6.23. The van der Waals surface area contributed by atoms with Crippen LogP contribution in [0, 0.1) is 0 Å². The molecule has 1 unspecified atom stereocenters. The Morgan fingerprint density at radius 2 is 2.20 bits per heavy atom. The summed E-state index contributed by atoms with van der Waals surface area (Å²) in [6, 6.07) is 8.02. The largest absolute Gasteiger partial charge is 0.339 e. The van der Waals surface area contributed by atoms with E-state index in [1.165, 1.54) is 0 Å². The minimum absolute atomic E-state index is 0.135. The van der Waals surface area contributed by atoms with E-state index < -0.39 is 0 Å². The van der Waals surface area contributed by atoms with Crippen molar-refractivity contribution < 1.29 is 4.52 Å². The Labute approximate surface area is 143 Å². The van der Waals surface area contributed by atoms with Crippen LogP contribution in [0.1, 0.15) is 23.5 Å². The van der Waals surface area contributed by atoms with Gasteiger partial charge < -0.3 is 19.0 Å². The molecule has 8 nitrogen and oxygen atoms in total. The molecule has 1 aromatic carbocycles. The van der Waals surface area contributed by atoms with E-state index in [0.717, 1.165) is 36.5 Å². The molecule has 3 aromatic heterocycles. The summed E-state index contributed by atoms with van der Waals surface area (Å²) in [7, 11) is 0. The third kappa shape index (κ3) is 2.60. The smallest absolute Gasteiger partial charge is 0.232 e. The van der Waals surface area contributed by atoms with E-state index in [1.807, 2.05) is 47.6 Å². The summed E-state index contributed by atoms with van der Waals surface area (Å²) >= 11 is 0. The average Bonchev–Trinajstić information content (AvgIpc) is 3.34. The molecule has 0 saturated heterocycles. The molecule has 1 atom stereocenters. The summed E-state index contributed by atoms with van der Waals surface area (Å²) in [6.45, 7) is 2.88. The van der Waals surface area contributed by atoms with Gasteiger partial charge in [0.25, 0.3) is 0 Å². The first-order valence-electron chi connectivity index (χ1n) is 8.30. The average molecular weight is 335 g/mol. The maximum atomic E-state index is 5.54. The maximum absolute atomic E-state index is 5.54. The van der Waals surface area contributed by atoms with Gasteiger partial charge in [-0.1, -0.05) is 17.3 Å². The predicted molar refractivity (Wildman–Crippen MR) is 89.8 cm³/mol. The molecule has 0 spiro atoms. The van der Waals surface area contributed by atoms with Gasteiger partial charge in [0.05, 0.1) is 36.4 Å². The van der Waals surface area contributed by atoms with Crippen LogP contribution in [0.25, 0.3) is 11.0 Å². The molecule has 4 heterocycles. The number of hydrogen-bond acceptors (Lipinski definition) is 6. The molecular weight excluding hydrogens is 318 g/mol. The third-order valence-corrected chi connectivity index (χ3v) is 4.56. The van der Waals surface area contributed by atoms with Crippen molar-refractivity contribution in [2.45, 2.75) is 25.6 Å². The molecule has 0 fully saturated rings. The highest BCUT2D eigenvalue weighted by Crippen LogP contribution is 2.20. The van der Waals surface area contributed by atoms with E-state index in [-0.39, 0.29) is 5.92 Å². The Bertz CT molecular complexity index is 1010. The lowest BCUT2D eigenvalue weighted by molar-refractivity contribution is 0.335. The van der Waals surface area contributed by atoms with E-state index in [4.69, 9.17) is 4.52 Å². The second-order valence-electron chi connectivity index (χ2n) is 6.23. The van der Waals surface area contributed by atoms with E-state index >= 15 is 0 Å². The molecule has 1 N–H and O–H groups in total. The topological polar surface area (TPSA) is 86.6 Å². The molecule has 0 aliphatic carbocycles. The molecule has 1 aliphatic rings. The van der Waals surface area contributed by atoms with Crippen molar-refractivity contribution in [2.24, 2.45) is 0 Å². The lowest BCUT2D eigenvalue weighted by Gasteiger charge is -2.09. The summed E-state index contributed by atoms with van der Waals surface area (Å²) in [5, 5.41) is 7.55.